The molecule has 1 aromatic rings. The number of guanidine groups is 1. The van der Waals surface area contributed by atoms with E-state index < -0.39 is 0 Å². The van der Waals surface area contributed by atoms with E-state index in [1.165, 1.54) is 24.3 Å². The Balaban J connectivity index is 2.31. The summed E-state index contributed by atoms with van der Waals surface area (Å²) in [6, 6.07) is 5.33. The van der Waals surface area contributed by atoms with Crippen LogP contribution < -0.4 is 16.4 Å². The molecule has 0 fully saturated rings. The number of nitrogens with zero attached hydrogens (tertiary/aromatic N) is 1. The first kappa shape index (κ1) is 14.7. The number of benzene rings is 1. The van der Waals surface area contributed by atoms with Crippen molar-refractivity contribution in [2.45, 2.75) is 0 Å². The molecule has 1 rings (SSSR count). The zero-order valence-corrected chi connectivity index (χ0v) is 10.5. The smallest absolute Gasteiger partial charge is 0.251 e. The first-order valence-electron chi connectivity index (χ1n) is 5.82. The SMILES string of the molecule is C=CCNC(N)=NCCNC(=O)c1ccc(F)cc1. The second kappa shape index (κ2) is 7.86. The number of nitrogens with two attached hydrogens (primary N) is 1. The molecule has 102 valence electrons. The summed E-state index contributed by atoms with van der Waals surface area (Å²) < 4.78 is 12.7. The number of carbonyl (C=O) groups is 1. The normalized spacial score (nSPS) is 10.9. The van der Waals surface area contributed by atoms with Gasteiger partial charge in [-0.15, -0.1) is 6.58 Å². The third-order valence-corrected chi connectivity index (χ3v) is 2.21. The molecule has 0 saturated heterocycles. The van der Waals surface area contributed by atoms with E-state index in [4.69, 9.17) is 5.73 Å². The van der Waals surface area contributed by atoms with Crippen molar-refractivity contribution in [3.05, 3.63) is 48.3 Å². The molecular formula is C13H17FN4O. The molecule has 0 spiro atoms. The van der Waals surface area contributed by atoms with Crippen molar-refractivity contribution in [3.8, 4) is 0 Å². The van der Waals surface area contributed by atoms with Gasteiger partial charge in [0.1, 0.15) is 5.82 Å². The Kier molecular flexibility index (Phi) is 6.08. The Hall–Kier alpha value is -2.37. The predicted molar refractivity (Wildman–Crippen MR) is 73.4 cm³/mol. The maximum absolute atomic E-state index is 12.7. The number of halogens is 1. The summed E-state index contributed by atoms with van der Waals surface area (Å²) in [4.78, 5) is 15.6. The Bertz CT molecular complexity index is 456. The van der Waals surface area contributed by atoms with Crippen LogP contribution in [0.25, 0.3) is 0 Å². The van der Waals surface area contributed by atoms with Crippen molar-refractivity contribution in [1.29, 1.82) is 0 Å². The minimum atomic E-state index is -0.373. The largest absolute Gasteiger partial charge is 0.370 e. The molecule has 19 heavy (non-hydrogen) atoms. The summed E-state index contributed by atoms with van der Waals surface area (Å²) in [7, 11) is 0. The second-order valence-electron chi connectivity index (χ2n) is 3.70. The van der Waals surface area contributed by atoms with E-state index in [0.29, 0.717) is 31.2 Å². The van der Waals surface area contributed by atoms with E-state index >= 15 is 0 Å². The van der Waals surface area contributed by atoms with E-state index in [1.54, 1.807) is 6.08 Å². The first-order chi connectivity index (χ1) is 9.13. The van der Waals surface area contributed by atoms with E-state index in [9.17, 15) is 9.18 Å². The summed E-state index contributed by atoms with van der Waals surface area (Å²) in [5, 5.41) is 5.47. The number of nitrogens with one attached hydrogen (secondary N) is 2. The summed E-state index contributed by atoms with van der Waals surface area (Å²) in [5.41, 5.74) is 5.95. The van der Waals surface area contributed by atoms with Crippen molar-refractivity contribution < 1.29 is 9.18 Å². The molecule has 0 unspecified atom stereocenters. The van der Waals surface area contributed by atoms with Gasteiger partial charge in [-0.25, -0.2) is 4.39 Å². The van der Waals surface area contributed by atoms with Gasteiger partial charge in [-0.2, -0.15) is 0 Å². The molecule has 0 radical (unpaired) electrons. The molecule has 0 aliphatic heterocycles. The molecule has 0 saturated carbocycles. The minimum absolute atomic E-state index is 0.271. The summed E-state index contributed by atoms with van der Waals surface area (Å²) >= 11 is 0. The Morgan fingerprint density at radius 3 is 2.68 bits per heavy atom. The van der Waals surface area contributed by atoms with Gasteiger partial charge in [-0.05, 0) is 24.3 Å². The quantitative estimate of drug-likeness (QED) is 0.305. The van der Waals surface area contributed by atoms with Crippen molar-refractivity contribution in [1.82, 2.24) is 10.6 Å². The molecule has 4 N–H and O–H groups in total. The third-order valence-electron chi connectivity index (χ3n) is 2.21. The lowest BCUT2D eigenvalue weighted by atomic mass is 10.2. The van der Waals surface area contributed by atoms with Crippen LogP contribution in [-0.2, 0) is 0 Å². The molecule has 6 heteroatoms. The fourth-order valence-electron chi connectivity index (χ4n) is 1.28. The fourth-order valence-corrected chi connectivity index (χ4v) is 1.28. The monoisotopic (exact) mass is 264 g/mol. The van der Waals surface area contributed by atoms with Gasteiger partial charge in [0, 0.05) is 18.7 Å². The highest BCUT2D eigenvalue weighted by molar-refractivity contribution is 5.94. The molecule has 0 aliphatic carbocycles. The highest BCUT2D eigenvalue weighted by atomic mass is 19.1. The van der Waals surface area contributed by atoms with Crippen LogP contribution in [0.5, 0.6) is 0 Å². The topological polar surface area (TPSA) is 79.5 Å². The average Bonchev–Trinajstić information content (AvgIpc) is 2.41. The van der Waals surface area contributed by atoms with Crippen LogP contribution in [0.3, 0.4) is 0 Å². The van der Waals surface area contributed by atoms with Gasteiger partial charge in [0.05, 0.1) is 6.54 Å². The third kappa shape index (κ3) is 5.67. The number of hydrogen-bond acceptors (Lipinski definition) is 2. The number of rotatable bonds is 6. The zero-order valence-electron chi connectivity index (χ0n) is 10.5. The highest BCUT2D eigenvalue weighted by Gasteiger charge is 2.03. The van der Waals surface area contributed by atoms with Crippen LogP contribution in [0.15, 0.2) is 41.9 Å². The van der Waals surface area contributed by atoms with E-state index in [0.717, 1.165) is 0 Å². The van der Waals surface area contributed by atoms with Gasteiger partial charge >= 0.3 is 0 Å². The molecule has 0 heterocycles. The van der Waals surface area contributed by atoms with Gasteiger partial charge in [0.15, 0.2) is 5.96 Å². The number of carbonyl (C=O) groups excluding carboxylic acids is 1. The summed E-state index contributed by atoms with van der Waals surface area (Å²) in [6.07, 6.45) is 1.67. The van der Waals surface area contributed by atoms with Gasteiger partial charge in [-0.3, -0.25) is 9.79 Å². The zero-order chi connectivity index (χ0) is 14.1. The van der Waals surface area contributed by atoms with E-state index in [2.05, 4.69) is 22.2 Å². The maximum Gasteiger partial charge on any atom is 0.251 e. The van der Waals surface area contributed by atoms with Crippen LogP contribution in [0.1, 0.15) is 10.4 Å². The molecule has 5 nitrogen and oxygen atoms in total. The van der Waals surface area contributed by atoms with Crippen LogP contribution in [0.4, 0.5) is 4.39 Å². The lowest BCUT2D eigenvalue weighted by molar-refractivity contribution is 0.0955. The average molecular weight is 264 g/mol. The highest BCUT2D eigenvalue weighted by Crippen LogP contribution is 2.01. The lowest BCUT2D eigenvalue weighted by Gasteiger charge is -2.04. The molecule has 0 aliphatic rings. The van der Waals surface area contributed by atoms with Crippen LogP contribution in [-0.4, -0.2) is 31.5 Å². The van der Waals surface area contributed by atoms with E-state index in [-0.39, 0.29) is 11.7 Å². The maximum atomic E-state index is 12.7. The van der Waals surface area contributed by atoms with Crippen molar-refractivity contribution in [2.24, 2.45) is 10.7 Å². The lowest BCUT2D eigenvalue weighted by Crippen LogP contribution is -2.33. The van der Waals surface area contributed by atoms with Gasteiger partial charge in [-0.1, -0.05) is 6.08 Å². The van der Waals surface area contributed by atoms with Gasteiger partial charge in [0.2, 0.25) is 0 Å². The first-order valence-corrected chi connectivity index (χ1v) is 5.82. The molecule has 0 bridgehead atoms. The summed E-state index contributed by atoms with van der Waals surface area (Å²) in [5.74, 6) is -0.342. The van der Waals surface area contributed by atoms with Crippen LogP contribution >= 0.6 is 0 Å². The van der Waals surface area contributed by atoms with Crippen LogP contribution in [0.2, 0.25) is 0 Å². The number of hydrogen-bond donors (Lipinski definition) is 3. The number of amides is 1. The van der Waals surface area contributed by atoms with E-state index in [1.807, 2.05) is 0 Å². The molecular weight excluding hydrogens is 247 g/mol. The minimum Gasteiger partial charge on any atom is -0.370 e. The fraction of sp³-hybridized carbons (Fsp3) is 0.231. The van der Waals surface area contributed by atoms with Crippen LogP contribution in [0, 0.1) is 5.82 Å². The molecule has 1 aromatic carbocycles. The standard InChI is InChI=1S/C13H17FN4O/c1-2-7-17-13(15)18-9-8-16-12(19)10-3-5-11(14)6-4-10/h2-6H,1,7-9H2,(H,16,19)(H3,15,17,18). The Labute approximate surface area is 111 Å². The predicted octanol–water partition coefficient (Wildman–Crippen LogP) is 0.646. The van der Waals surface area contributed by atoms with Gasteiger partial charge in [0.25, 0.3) is 5.91 Å². The number of aliphatic imine (C=N–C) groups is 1. The Morgan fingerprint density at radius 2 is 2.05 bits per heavy atom. The molecule has 1 amide bonds. The summed E-state index contributed by atoms with van der Waals surface area (Å²) in [6.45, 7) is 4.79. The molecule has 0 atom stereocenters. The van der Waals surface area contributed by atoms with Crippen molar-refractivity contribution in [3.63, 3.8) is 0 Å². The molecule has 0 aromatic heterocycles. The second-order valence-corrected chi connectivity index (χ2v) is 3.70. The van der Waals surface area contributed by atoms with Crippen molar-refractivity contribution in [2.75, 3.05) is 19.6 Å². The van der Waals surface area contributed by atoms with Gasteiger partial charge < -0.3 is 16.4 Å². The van der Waals surface area contributed by atoms with Crippen molar-refractivity contribution >= 4 is 11.9 Å². The Morgan fingerprint density at radius 1 is 1.37 bits per heavy atom.